The molecule has 34 heavy (non-hydrogen) atoms. The van der Waals surface area contributed by atoms with Crippen molar-refractivity contribution in [3.8, 4) is 5.75 Å². The number of hydrogen-bond donors (Lipinski definition) is 1. The van der Waals surface area contributed by atoms with Crippen molar-refractivity contribution in [1.82, 2.24) is 15.1 Å². The van der Waals surface area contributed by atoms with Crippen LogP contribution in [0.15, 0.2) is 29.3 Å². The van der Waals surface area contributed by atoms with Gasteiger partial charge in [-0.15, -0.1) is 23.4 Å². The summed E-state index contributed by atoms with van der Waals surface area (Å²) in [5.41, 5.74) is 4.02. The number of anilines is 1. The zero-order valence-corrected chi connectivity index (χ0v) is 20.0. The van der Waals surface area contributed by atoms with Gasteiger partial charge in [0.05, 0.1) is 5.71 Å². The molecule has 1 aromatic carbocycles. The minimum absolute atomic E-state index is 0.154. The monoisotopic (exact) mass is 476 g/mol. The van der Waals surface area contributed by atoms with E-state index in [4.69, 9.17) is 5.41 Å². The molecule has 7 nitrogen and oxygen atoms in total. The topological polar surface area (TPSA) is 77.7 Å². The van der Waals surface area contributed by atoms with Gasteiger partial charge in [0.2, 0.25) is 0 Å². The van der Waals surface area contributed by atoms with E-state index in [0.29, 0.717) is 18.5 Å². The van der Waals surface area contributed by atoms with Crippen LogP contribution in [0.1, 0.15) is 41.6 Å². The molecule has 2 aromatic rings. The van der Waals surface area contributed by atoms with Crippen molar-refractivity contribution in [2.45, 2.75) is 52.1 Å². The van der Waals surface area contributed by atoms with Crippen molar-refractivity contribution >= 4 is 17.7 Å². The number of benzene rings is 1. The summed E-state index contributed by atoms with van der Waals surface area (Å²) in [5, 5.41) is 16.3. The van der Waals surface area contributed by atoms with Gasteiger partial charge in [-0.05, 0) is 50.9 Å². The third-order valence-corrected chi connectivity index (χ3v) is 6.34. The molecule has 1 saturated heterocycles. The summed E-state index contributed by atoms with van der Waals surface area (Å²) in [6.45, 7) is 5.95. The number of aliphatic imine (C=N–C) groups is 1. The first-order chi connectivity index (χ1) is 16.1. The first-order valence-electron chi connectivity index (χ1n) is 11.2. The number of nitrogens with zero attached hydrogens (tertiary/aromatic N) is 5. The van der Waals surface area contributed by atoms with Crippen molar-refractivity contribution < 1.29 is 17.9 Å². The molecular formula is C24H31F3N6O. The Balaban J connectivity index is 1.66. The molecule has 0 aliphatic carbocycles. The van der Waals surface area contributed by atoms with Gasteiger partial charge in [0, 0.05) is 50.9 Å². The van der Waals surface area contributed by atoms with Crippen LogP contribution in [0, 0.1) is 19.3 Å². The van der Waals surface area contributed by atoms with Crippen molar-refractivity contribution in [2.24, 2.45) is 4.99 Å². The number of alkyl halides is 3. The van der Waals surface area contributed by atoms with Crippen LogP contribution in [0.2, 0.25) is 0 Å². The van der Waals surface area contributed by atoms with Crippen LogP contribution in [-0.4, -0.2) is 66.6 Å². The maximum atomic E-state index is 12.7. The lowest BCUT2D eigenvalue weighted by atomic mass is 10.0. The Morgan fingerprint density at radius 1 is 1.21 bits per heavy atom. The second-order valence-electron chi connectivity index (χ2n) is 8.49. The minimum Gasteiger partial charge on any atom is -0.405 e. The van der Waals surface area contributed by atoms with E-state index >= 15 is 0 Å². The number of halogens is 3. The summed E-state index contributed by atoms with van der Waals surface area (Å²) < 4.78 is 42.4. The highest BCUT2D eigenvalue weighted by Gasteiger charge is 2.32. The molecule has 1 aliphatic heterocycles. The predicted octanol–water partition coefficient (Wildman–Crippen LogP) is 4.55. The summed E-state index contributed by atoms with van der Waals surface area (Å²) in [5.74, 6) is 0.690. The maximum absolute atomic E-state index is 12.7. The zero-order chi connectivity index (χ0) is 24.9. The van der Waals surface area contributed by atoms with Gasteiger partial charge in [0.15, 0.2) is 5.82 Å². The number of nitrogens with one attached hydrogen (secondary N) is 1. The molecule has 0 amide bonds. The Kier molecular flexibility index (Phi) is 8.24. The maximum Gasteiger partial charge on any atom is 0.573 e. The molecule has 1 aliphatic rings. The summed E-state index contributed by atoms with van der Waals surface area (Å²) in [6, 6.07) is 6.51. The average molecular weight is 477 g/mol. The molecular weight excluding hydrogens is 445 g/mol. The van der Waals surface area contributed by atoms with Gasteiger partial charge in [-0.1, -0.05) is 18.2 Å². The van der Waals surface area contributed by atoms with Crippen LogP contribution in [0.5, 0.6) is 5.75 Å². The number of rotatable bonds is 8. The van der Waals surface area contributed by atoms with E-state index in [0.717, 1.165) is 54.3 Å². The normalized spacial score (nSPS) is 15.6. The number of para-hydroxylation sites is 1. The van der Waals surface area contributed by atoms with E-state index in [1.54, 1.807) is 25.2 Å². The molecule has 10 heteroatoms. The fourth-order valence-electron chi connectivity index (χ4n) is 4.33. The SMILES string of the molecule is CN=C(CC=N)c1nnc(N2CCC(N(C)Cc3ccccc3OC(F)(F)F)CC2)c(C)c1C. The molecule has 0 bridgehead atoms. The number of ether oxygens (including phenoxy) is 1. The Bertz CT molecular complexity index is 1030. The summed E-state index contributed by atoms with van der Waals surface area (Å²) in [4.78, 5) is 8.55. The smallest absolute Gasteiger partial charge is 0.405 e. The Morgan fingerprint density at radius 3 is 2.50 bits per heavy atom. The van der Waals surface area contributed by atoms with Crippen LogP contribution in [0.25, 0.3) is 0 Å². The minimum atomic E-state index is -4.71. The molecule has 0 unspecified atom stereocenters. The van der Waals surface area contributed by atoms with Crippen molar-refractivity contribution in [1.29, 1.82) is 5.41 Å². The first-order valence-corrected chi connectivity index (χ1v) is 11.2. The molecule has 0 saturated carbocycles. The Hall–Kier alpha value is -3.01. The van der Waals surface area contributed by atoms with Gasteiger partial charge in [-0.25, -0.2) is 0 Å². The molecule has 0 radical (unpaired) electrons. The molecule has 0 spiro atoms. The standard InChI is InChI=1S/C24H31F3N6O/c1-16-17(2)23(31-30-22(16)20(29-3)9-12-28)33-13-10-19(11-14-33)32(4)15-18-7-5-6-8-21(18)34-24(25,26)27/h5-8,12,19,28H,9-11,13-15H2,1-4H3. The zero-order valence-electron chi connectivity index (χ0n) is 20.0. The number of aromatic nitrogens is 2. The fourth-order valence-corrected chi connectivity index (χ4v) is 4.33. The van der Waals surface area contributed by atoms with Gasteiger partial charge in [-0.2, -0.15) is 0 Å². The predicted molar refractivity (Wildman–Crippen MR) is 127 cm³/mol. The lowest BCUT2D eigenvalue weighted by molar-refractivity contribution is -0.275. The number of hydrogen-bond acceptors (Lipinski definition) is 7. The molecule has 3 rings (SSSR count). The molecule has 1 aromatic heterocycles. The summed E-state index contributed by atoms with van der Waals surface area (Å²) in [7, 11) is 3.63. The van der Waals surface area contributed by atoms with Gasteiger partial charge >= 0.3 is 6.36 Å². The van der Waals surface area contributed by atoms with Crippen molar-refractivity contribution in [3.63, 3.8) is 0 Å². The molecule has 2 heterocycles. The molecule has 1 fully saturated rings. The van der Waals surface area contributed by atoms with Crippen LogP contribution < -0.4 is 9.64 Å². The van der Waals surface area contributed by atoms with E-state index in [2.05, 4.69) is 29.7 Å². The highest BCUT2D eigenvalue weighted by Crippen LogP contribution is 2.30. The van der Waals surface area contributed by atoms with Gasteiger partial charge < -0.3 is 15.0 Å². The van der Waals surface area contributed by atoms with E-state index < -0.39 is 6.36 Å². The highest BCUT2D eigenvalue weighted by atomic mass is 19.4. The average Bonchev–Trinajstić information content (AvgIpc) is 2.80. The Morgan fingerprint density at radius 2 is 1.88 bits per heavy atom. The van der Waals surface area contributed by atoms with Crippen LogP contribution >= 0.6 is 0 Å². The van der Waals surface area contributed by atoms with Gasteiger partial charge in [-0.3, -0.25) is 9.89 Å². The molecule has 1 N–H and O–H groups in total. The molecule has 0 atom stereocenters. The van der Waals surface area contributed by atoms with Crippen molar-refractivity contribution in [2.75, 3.05) is 32.1 Å². The second-order valence-corrected chi connectivity index (χ2v) is 8.49. The quantitative estimate of drug-likeness (QED) is 0.566. The largest absolute Gasteiger partial charge is 0.573 e. The van der Waals surface area contributed by atoms with Crippen LogP contribution in [-0.2, 0) is 6.54 Å². The van der Waals surface area contributed by atoms with Crippen LogP contribution in [0.4, 0.5) is 19.0 Å². The summed E-state index contributed by atoms with van der Waals surface area (Å²) >= 11 is 0. The van der Waals surface area contributed by atoms with E-state index in [9.17, 15) is 13.2 Å². The highest BCUT2D eigenvalue weighted by molar-refractivity contribution is 6.06. The van der Waals surface area contributed by atoms with Crippen LogP contribution in [0.3, 0.4) is 0 Å². The van der Waals surface area contributed by atoms with Crippen molar-refractivity contribution in [3.05, 3.63) is 46.6 Å². The van der Waals surface area contributed by atoms with E-state index in [1.807, 2.05) is 20.9 Å². The second kappa shape index (κ2) is 10.9. The number of piperidine rings is 1. The van der Waals surface area contributed by atoms with E-state index in [-0.39, 0.29) is 11.8 Å². The summed E-state index contributed by atoms with van der Waals surface area (Å²) in [6.07, 6.45) is -1.27. The van der Waals surface area contributed by atoms with E-state index in [1.165, 1.54) is 12.3 Å². The lowest BCUT2D eigenvalue weighted by Gasteiger charge is -2.38. The Labute approximate surface area is 198 Å². The first kappa shape index (κ1) is 25.6. The third kappa shape index (κ3) is 6.11. The third-order valence-electron chi connectivity index (χ3n) is 6.34. The van der Waals surface area contributed by atoms with Gasteiger partial charge in [0.25, 0.3) is 0 Å². The fraction of sp³-hybridized carbons (Fsp3) is 0.500. The molecule has 184 valence electrons. The lowest BCUT2D eigenvalue weighted by Crippen LogP contribution is -2.43. The van der Waals surface area contributed by atoms with Gasteiger partial charge in [0.1, 0.15) is 11.4 Å².